The fraction of sp³-hybridized carbons (Fsp3) is 0.417. The van der Waals surface area contributed by atoms with Crippen LogP contribution in [0, 0.1) is 10.1 Å². The van der Waals surface area contributed by atoms with Gasteiger partial charge in [-0.05, 0) is 6.07 Å². The molecule has 2 heterocycles. The lowest BCUT2D eigenvalue weighted by atomic mass is 10.2. The molecule has 2 aromatic rings. The summed E-state index contributed by atoms with van der Waals surface area (Å²) in [4.78, 5) is 14.4. The van der Waals surface area contributed by atoms with Crippen molar-refractivity contribution in [1.82, 2.24) is 9.55 Å². The van der Waals surface area contributed by atoms with Crippen LogP contribution in [0.3, 0.4) is 0 Å². The zero-order valence-corrected chi connectivity index (χ0v) is 10.4. The summed E-state index contributed by atoms with van der Waals surface area (Å²) < 4.78 is 7.25. The van der Waals surface area contributed by atoms with Gasteiger partial charge in [-0.1, -0.05) is 0 Å². The second kappa shape index (κ2) is 4.82. The van der Waals surface area contributed by atoms with Crippen molar-refractivity contribution in [2.45, 2.75) is 24.9 Å². The Hall–Kier alpha value is -2.03. The number of aliphatic hydroxyl groups is 2. The molecule has 106 valence electrons. The average molecular weight is 279 g/mol. The number of nitrogens with zero attached hydrogens (tertiary/aromatic N) is 3. The summed E-state index contributed by atoms with van der Waals surface area (Å²) in [5.41, 5.74) is 1.15. The van der Waals surface area contributed by atoms with Crippen molar-refractivity contribution in [2.24, 2.45) is 0 Å². The predicted molar refractivity (Wildman–Crippen MR) is 68.0 cm³/mol. The van der Waals surface area contributed by atoms with E-state index in [1.54, 1.807) is 10.6 Å². The van der Waals surface area contributed by atoms with Gasteiger partial charge in [0.15, 0.2) is 0 Å². The van der Waals surface area contributed by atoms with Crippen LogP contribution in [-0.2, 0) is 4.74 Å². The Morgan fingerprint density at radius 2 is 2.35 bits per heavy atom. The lowest BCUT2D eigenvalue weighted by Gasteiger charge is -2.13. The van der Waals surface area contributed by atoms with Crippen molar-refractivity contribution in [3.8, 4) is 0 Å². The number of fused-ring (bicyclic) bond motifs is 1. The van der Waals surface area contributed by atoms with E-state index in [9.17, 15) is 15.2 Å². The second-order valence-corrected chi connectivity index (χ2v) is 4.70. The van der Waals surface area contributed by atoms with Crippen LogP contribution in [0.25, 0.3) is 11.0 Å². The van der Waals surface area contributed by atoms with E-state index in [0.29, 0.717) is 17.5 Å². The lowest BCUT2D eigenvalue weighted by molar-refractivity contribution is -0.384. The normalized spacial score (nSPS) is 26.2. The van der Waals surface area contributed by atoms with Crippen molar-refractivity contribution in [3.63, 3.8) is 0 Å². The van der Waals surface area contributed by atoms with Gasteiger partial charge in [-0.15, -0.1) is 0 Å². The van der Waals surface area contributed by atoms with Crippen molar-refractivity contribution in [2.75, 3.05) is 6.61 Å². The largest absolute Gasteiger partial charge is 0.394 e. The van der Waals surface area contributed by atoms with E-state index in [1.165, 1.54) is 18.5 Å². The van der Waals surface area contributed by atoms with E-state index in [1.807, 2.05) is 0 Å². The van der Waals surface area contributed by atoms with Crippen LogP contribution in [0.5, 0.6) is 0 Å². The Labute approximate surface area is 113 Å². The molecule has 1 aromatic heterocycles. The van der Waals surface area contributed by atoms with Crippen molar-refractivity contribution in [1.29, 1.82) is 0 Å². The molecule has 0 bridgehead atoms. The second-order valence-electron chi connectivity index (χ2n) is 4.70. The third-order valence-electron chi connectivity index (χ3n) is 3.46. The predicted octanol–water partition coefficient (Wildman–Crippen LogP) is 0.585. The van der Waals surface area contributed by atoms with Gasteiger partial charge in [0.05, 0.1) is 35.0 Å². The number of nitro benzene ring substituents is 1. The number of hydrogen-bond acceptors (Lipinski definition) is 6. The van der Waals surface area contributed by atoms with Crippen molar-refractivity contribution < 1.29 is 19.9 Å². The van der Waals surface area contributed by atoms with Gasteiger partial charge < -0.3 is 19.5 Å². The van der Waals surface area contributed by atoms with Crippen LogP contribution in [-0.4, -0.2) is 43.5 Å². The van der Waals surface area contributed by atoms with Gasteiger partial charge >= 0.3 is 0 Å². The third kappa shape index (κ3) is 2.03. The fourth-order valence-electron chi connectivity index (χ4n) is 2.41. The van der Waals surface area contributed by atoms with E-state index in [-0.39, 0.29) is 12.3 Å². The van der Waals surface area contributed by atoms with Crippen molar-refractivity contribution >= 4 is 16.7 Å². The van der Waals surface area contributed by atoms with Crippen LogP contribution in [0.1, 0.15) is 12.6 Å². The van der Waals surface area contributed by atoms with Crippen LogP contribution in [0.4, 0.5) is 5.69 Å². The number of rotatable bonds is 3. The summed E-state index contributed by atoms with van der Waals surface area (Å²) in [6.07, 6.45) is 0.0729. The van der Waals surface area contributed by atoms with E-state index < -0.39 is 23.4 Å². The van der Waals surface area contributed by atoms with Crippen molar-refractivity contribution in [3.05, 3.63) is 34.6 Å². The molecular formula is C12H13N3O5. The van der Waals surface area contributed by atoms with Crippen LogP contribution >= 0.6 is 0 Å². The van der Waals surface area contributed by atoms with E-state index in [0.717, 1.165) is 0 Å². The zero-order valence-electron chi connectivity index (χ0n) is 10.4. The van der Waals surface area contributed by atoms with Crippen LogP contribution in [0.2, 0.25) is 0 Å². The maximum Gasteiger partial charge on any atom is 0.271 e. The highest BCUT2D eigenvalue weighted by Gasteiger charge is 2.34. The van der Waals surface area contributed by atoms with Gasteiger partial charge in [0.25, 0.3) is 5.69 Å². The number of benzene rings is 1. The molecule has 3 atom stereocenters. The number of ether oxygens (including phenoxy) is 1. The molecule has 0 radical (unpaired) electrons. The highest BCUT2D eigenvalue weighted by Crippen LogP contribution is 2.31. The minimum absolute atomic E-state index is 0.0247. The Kier molecular flexibility index (Phi) is 3.13. The molecule has 20 heavy (non-hydrogen) atoms. The molecule has 1 aliphatic rings. The first-order chi connectivity index (χ1) is 9.60. The molecule has 0 saturated carbocycles. The molecular weight excluding hydrogens is 266 g/mol. The molecule has 2 N–H and O–H groups in total. The van der Waals surface area contributed by atoms with Gasteiger partial charge in [-0.25, -0.2) is 4.98 Å². The summed E-state index contributed by atoms with van der Waals surface area (Å²) in [5.74, 6) is 0. The Morgan fingerprint density at radius 1 is 1.55 bits per heavy atom. The Morgan fingerprint density at radius 3 is 3.00 bits per heavy atom. The first-order valence-corrected chi connectivity index (χ1v) is 6.15. The molecule has 1 saturated heterocycles. The quantitative estimate of drug-likeness (QED) is 0.628. The maximum atomic E-state index is 10.7. The molecule has 0 aliphatic carbocycles. The highest BCUT2D eigenvalue weighted by atomic mass is 16.6. The van der Waals surface area contributed by atoms with Gasteiger partial charge in [0.1, 0.15) is 12.3 Å². The first kappa shape index (κ1) is 13.0. The molecule has 0 unspecified atom stereocenters. The summed E-state index contributed by atoms with van der Waals surface area (Å²) in [7, 11) is 0. The number of aromatic nitrogens is 2. The Bertz CT molecular complexity index is 656. The summed E-state index contributed by atoms with van der Waals surface area (Å²) in [6.45, 7) is -0.254. The van der Waals surface area contributed by atoms with Gasteiger partial charge in [-0.3, -0.25) is 10.1 Å². The van der Waals surface area contributed by atoms with Crippen LogP contribution < -0.4 is 0 Å². The summed E-state index contributed by atoms with van der Waals surface area (Å²) in [5, 5.41) is 29.5. The topological polar surface area (TPSA) is 111 Å². The first-order valence-electron chi connectivity index (χ1n) is 6.15. The van der Waals surface area contributed by atoms with E-state index in [2.05, 4.69) is 4.98 Å². The molecule has 3 rings (SSSR count). The number of hydrogen-bond donors (Lipinski definition) is 2. The lowest BCUT2D eigenvalue weighted by Crippen LogP contribution is -2.24. The van der Waals surface area contributed by atoms with Gasteiger partial charge in [0, 0.05) is 18.6 Å². The van der Waals surface area contributed by atoms with E-state index >= 15 is 0 Å². The smallest absolute Gasteiger partial charge is 0.271 e. The fourth-order valence-corrected chi connectivity index (χ4v) is 2.41. The monoisotopic (exact) mass is 279 g/mol. The SMILES string of the molecule is O=[N+]([O-])c1ccc2c(c1)ncn2[C@H]1C[C@H](O)[C@@H](CO)O1. The zero-order chi connectivity index (χ0) is 14.3. The molecule has 1 aliphatic heterocycles. The van der Waals surface area contributed by atoms with Gasteiger partial charge in [-0.2, -0.15) is 0 Å². The molecule has 1 aromatic carbocycles. The number of aliphatic hydroxyl groups excluding tert-OH is 2. The van der Waals surface area contributed by atoms with Gasteiger partial charge in [0.2, 0.25) is 0 Å². The standard InChI is InChI=1S/C12H13N3O5/c16-5-11-10(17)4-12(20-11)14-6-13-8-3-7(15(18)19)1-2-9(8)14/h1-3,6,10-12,16-17H,4-5H2/t10-,11+,12+/m0/s1. The molecule has 0 amide bonds. The summed E-state index contributed by atoms with van der Waals surface area (Å²) in [6, 6.07) is 4.39. The van der Waals surface area contributed by atoms with Crippen LogP contribution in [0.15, 0.2) is 24.5 Å². The molecule has 8 nitrogen and oxygen atoms in total. The minimum atomic E-state index is -0.736. The molecule has 0 spiro atoms. The minimum Gasteiger partial charge on any atom is -0.394 e. The number of nitro groups is 1. The molecule has 1 fully saturated rings. The number of imidazole rings is 1. The summed E-state index contributed by atoms with van der Waals surface area (Å²) >= 11 is 0. The third-order valence-corrected chi connectivity index (χ3v) is 3.46. The highest BCUT2D eigenvalue weighted by molar-refractivity contribution is 5.78. The number of non-ortho nitro benzene ring substituents is 1. The molecule has 8 heteroatoms. The van der Waals surface area contributed by atoms with E-state index in [4.69, 9.17) is 9.84 Å². The average Bonchev–Trinajstić information content (AvgIpc) is 3.00. The maximum absolute atomic E-state index is 10.7. The Balaban J connectivity index is 1.95.